The minimum Gasteiger partial charge on any atom is -0.296 e. The van der Waals surface area contributed by atoms with Gasteiger partial charge in [0.25, 0.3) is 0 Å². The standard InChI is InChI=1S/C19H20N2O2S2/c22-25(23,19-6-5-17-3-1-2-4-18(17)13-19)21-10-8-20(9-11-21)14-16-7-12-24-15-16/h1-7,12-13,15H,8-11,14H2. The van der Waals surface area contributed by atoms with Crippen LogP contribution in [0.2, 0.25) is 0 Å². The molecule has 2 aromatic carbocycles. The molecule has 3 aromatic rings. The third kappa shape index (κ3) is 3.48. The number of hydrogen-bond acceptors (Lipinski definition) is 4. The van der Waals surface area contributed by atoms with Crippen molar-refractivity contribution in [3.8, 4) is 0 Å². The van der Waals surface area contributed by atoms with Crippen molar-refractivity contribution in [2.45, 2.75) is 11.4 Å². The molecule has 6 heteroatoms. The molecular weight excluding hydrogens is 352 g/mol. The summed E-state index contributed by atoms with van der Waals surface area (Å²) in [6, 6.07) is 15.4. The fourth-order valence-electron chi connectivity index (χ4n) is 3.25. The lowest BCUT2D eigenvalue weighted by molar-refractivity contribution is 0.182. The van der Waals surface area contributed by atoms with E-state index in [1.807, 2.05) is 30.3 Å². The predicted octanol–water partition coefficient (Wildman–Crippen LogP) is 3.41. The highest BCUT2D eigenvalue weighted by Gasteiger charge is 2.28. The Morgan fingerprint density at radius 1 is 0.920 bits per heavy atom. The Kier molecular flexibility index (Phi) is 4.60. The number of rotatable bonds is 4. The zero-order chi connectivity index (χ0) is 17.3. The van der Waals surface area contributed by atoms with Gasteiger partial charge in [-0.15, -0.1) is 0 Å². The Bertz CT molecular complexity index is 960. The molecule has 0 atom stereocenters. The molecule has 1 aliphatic heterocycles. The van der Waals surface area contributed by atoms with Gasteiger partial charge in [0.2, 0.25) is 10.0 Å². The van der Waals surface area contributed by atoms with E-state index in [2.05, 4.69) is 21.7 Å². The first-order valence-corrected chi connectivity index (χ1v) is 10.7. The van der Waals surface area contributed by atoms with E-state index >= 15 is 0 Å². The van der Waals surface area contributed by atoms with Gasteiger partial charge >= 0.3 is 0 Å². The molecule has 0 unspecified atom stereocenters. The molecule has 0 aliphatic carbocycles. The van der Waals surface area contributed by atoms with Gasteiger partial charge in [-0.05, 0) is 45.3 Å². The second-order valence-electron chi connectivity index (χ2n) is 6.32. The number of nitrogens with zero attached hydrogens (tertiary/aromatic N) is 2. The third-order valence-corrected chi connectivity index (χ3v) is 7.30. The van der Waals surface area contributed by atoms with Gasteiger partial charge in [0, 0.05) is 32.7 Å². The minimum atomic E-state index is -3.43. The average molecular weight is 373 g/mol. The summed E-state index contributed by atoms with van der Waals surface area (Å²) < 4.78 is 27.5. The molecule has 1 aliphatic rings. The van der Waals surface area contributed by atoms with Crippen molar-refractivity contribution in [1.29, 1.82) is 0 Å². The quantitative estimate of drug-likeness (QED) is 0.705. The van der Waals surface area contributed by atoms with Gasteiger partial charge in [-0.25, -0.2) is 8.42 Å². The lowest BCUT2D eigenvalue weighted by atomic mass is 10.1. The fraction of sp³-hybridized carbons (Fsp3) is 0.263. The lowest BCUT2D eigenvalue weighted by Gasteiger charge is -2.33. The molecule has 0 amide bonds. The second-order valence-corrected chi connectivity index (χ2v) is 9.04. The van der Waals surface area contributed by atoms with Gasteiger partial charge in [-0.2, -0.15) is 15.6 Å². The molecule has 0 bridgehead atoms. The van der Waals surface area contributed by atoms with E-state index in [1.54, 1.807) is 27.8 Å². The SMILES string of the molecule is O=S(=O)(c1ccc2ccccc2c1)N1CCN(Cc2ccsc2)CC1. The Hall–Kier alpha value is -1.73. The van der Waals surface area contributed by atoms with Crippen LogP contribution in [0.1, 0.15) is 5.56 Å². The summed E-state index contributed by atoms with van der Waals surface area (Å²) in [5.41, 5.74) is 1.30. The first kappa shape index (κ1) is 16.7. The molecule has 0 saturated carbocycles. The van der Waals surface area contributed by atoms with Crippen LogP contribution in [0, 0.1) is 0 Å². The van der Waals surface area contributed by atoms with Gasteiger partial charge in [-0.1, -0.05) is 30.3 Å². The number of fused-ring (bicyclic) bond motifs is 1. The maximum atomic E-state index is 13.0. The number of piperazine rings is 1. The molecule has 25 heavy (non-hydrogen) atoms. The van der Waals surface area contributed by atoms with Crippen LogP contribution in [0.15, 0.2) is 64.2 Å². The monoisotopic (exact) mass is 372 g/mol. The maximum Gasteiger partial charge on any atom is 0.243 e. The van der Waals surface area contributed by atoms with E-state index in [-0.39, 0.29) is 0 Å². The molecule has 0 spiro atoms. The van der Waals surface area contributed by atoms with Crippen molar-refractivity contribution in [2.24, 2.45) is 0 Å². The molecule has 0 N–H and O–H groups in total. The summed E-state index contributed by atoms with van der Waals surface area (Å²) in [6.45, 7) is 3.51. The van der Waals surface area contributed by atoms with Crippen molar-refractivity contribution in [3.63, 3.8) is 0 Å². The summed E-state index contributed by atoms with van der Waals surface area (Å²) in [7, 11) is -3.43. The summed E-state index contributed by atoms with van der Waals surface area (Å²) in [5.74, 6) is 0. The Labute approximate surface area is 152 Å². The molecule has 2 heterocycles. The molecule has 1 fully saturated rings. The van der Waals surface area contributed by atoms with E-state index in [0.717, 1.165) is 30.4 Å². The molecular formula is C19H20N2O2S2. The minimum absolute atomic E-state index is 0.387. The summed E-state index contributed by atoms with van der Waals surface area (Å²) in [4.78, 5) is 2.70. The number of thiophene rings is 1. The summed E-state index contributed by atoms with van der Waals surface area (Å²) in [5, 5.41) is 6.25. The van der Waals surface area contributed by atoms with Crippen LogP contribution in [-0.2, 0) is 16.6 Å². The zero-order valence-corrected chi connectivity index (χ0v) is 15.5. The van der Waals surface area contributed by atoms with Crippen molar-refractivity contribution in [2.75, 3.05) is 26.2 Å². The van der Waals surface area contributed by atoms with Crippen LogP contribution in [0.25, 0.3) is 10.8 Å². The van der Waals surface area contributed by atoms with E-state index in [4.69, 9.17) is 0 Å². The normalized spacial score (nSPS) is 17.1. The number of hydrogen-bond donors (Lipinski definition) is 0. The first-order chi connectivity index (χ1) is 12.1. The lowest BCUT2D eigenvalue weighted by Crippen LogP contribution is -2.48. The topological polar surface area (TPSA) is 40.6 Å². The molecule has 0 radical (unpaired) electrons. The van der Waals surface area contributed by atoms with Crippen molar-refractivity contribution in [3.05, 3.63) is 64.9 Å². The van der Waals surface area contributed by atoms with Crippen molar-refractivity contribution < 1.29 is 8.42 Å². The highest BCUT2D eigenvalue weighted by atomic mass is 32.2. The van der Waals surface area contributed by atoms with Crippen molar-refractivity contribution in [1.82, 2.24) is 9.21 Å². The number of benzene rings is 2. The molecule has 1 aromatic heterocycles. The molecule has 130 valence electrons. The summed E-state index contributed by atoms with van der Waals surface area (Å²) in [6.07, 6.45) is 0. The average Bonchev–Trinajstić information content (AvgIpc) is 3.15. The highest BCUT2D eigenvalue weighted by molar-refractivity contribution is 7.89. The van der Waals surface area contributed by atoms with Gasteiger partial charge in [0.05, 0.1) is 4.90 Å². The largest absolute Gasteiger partial charge is 0.296 e. The Balaban J connectivity index is 1.49. The van der Waals surface area contributed by atoms with Crippen LogP contribution >= 0.6 is 11.3 Å². The van der Waals surface area contributed by atoms with Gasteiger partial charge < -0.3 is 0 Å². The van der Waals surface area contributed by atoms with E-state index in [9.17, 15) is 8.42 Å². The maximum absolute atomic E-state index is 13.0. The molecule has 4 nitrogen and oxygen atoms in total. The highest BCUT2D eigenvalue weighted by Crippen LogP contribution is 2.23. The second kappa shape index (κ2) is 6.88. The molecule has 1 saturated heterocycles. The van der Waals surface area contributed by atoms with Crippen LogP contribution < -0.4 is 0 Å². The zero-order valence-electron chi connectivity index (χ0n) is 13.8. The fourth-order valence-corrected chi connectivity index (χ4v) is 5.36. The smallest absolute Gasteiger partial charge is 0.243 e. The van der Waals surface area contributed by atoms with Crippen molar-refractivity contribution >= 4 is 32.1 Å². The van der Waals surface area contributed by atoms with Gasteiger partial charge in [0.1, 0.15) is 0 Å². The predicted molar refractivity (Wildman–Crippen MR) is 102 cm³/mol. The van der Waals surface area contributed by atoms with Crippen LogP contribution in [-0.4, -0.2) is 43.8 Å². The van der Waals surface area contributed by atoms with Gasteiger partial charge in [0.15, 0.2) is 0 Å². The number of sulfonamides is 1. The molecule has 4 rings (SSSR count). The van der Waals surface area contributed by atoms with Crippen LogP contribution in [0.5, 0.6) is 0 Å². The first-order valence-electron chi connectivity index (χ1n) is 8.35. The third-order valence-electron chi connectivity index (χ3n) is 4.68. The van der Waals surface area contributed by atoms with E-state index in [1.165, 1.54) is 5.56 Å². The van der Waals surface area contributed by atoms with Crippen LogP contribution in [0.3, 0.4) is 0 Å². The van der Waals surface area contributed by atoms with Crippen LogP contribution in [0.4, 0.5) is 0 Å². The van der Waals surface area contributed by atoms with E-state index < -0.39 is 10.0 Å². The Morgan fingerprint density at radius 3 is 2.40 bits per heavy atom. The summed E-state index contributed by atoms with van der Waals surface area (Å²) >= 11 is 1.70. The van der Waals surface area contributed by atoms with E-state index in [0.29, 0.717) is 18.0 Å². The Morgan fingerprint density at radius 2 is 1.68 bits per heavy atom. The van der Waals surface area contributed by atoms with Gasteiger partial charge in [-0.3, -0.25) is 4.90 Å².